The predicted octanol–water partition coefficient (Wildman–Crippen LogP) is 2.98. The highest BCUT2D eigenvalue weighted by Gasteiger charge is 2.34. The van der Waals surface area contributed by atoms with E-state index < -0.39 is 12.3 Å². The number of carbonyl (C=O) groups excluding carboxylic acids is 1. The molecule has 2 aromatic rings. The molecule has 2 fully saturated rings. The summed E-state index contributed by atoms with van der Waals surface area (Å²) in [6.45, 7) is 2.12. The van der Waals surface area contributed by atoms with Crippen LogP contribution < -0.4 is 5.32 Å². The number of hydrogen-bond donors (Lipinski definition) is 4. The van der Waals surface area contributed by atoms with Gasteiger partial charge in [0.2, 0.25) is 5.91 Å². The molecule has 0 aromatic heterocycles. The number of nitrogens with zero attached hydrogens (tertiary/aromatic N) is 1. The summed E-state index contributed by atoms with van der Waals surface area (Å²) in [6.07, 6.45) is 0.471. The number of carbonyl (C=O) groups is 2. The maximum Gasteiger partial charge on any atom is 0.303 e. The van der Waals surface area contributed by atoms with E-state index >= 15 is 0 Å². The van der Waals surface area contributed by atoms with E-state index in [0.29, 0.717) is 25.2 Å². The van der Waals surface area contributed by atoms with E-state index in [1.54, 1.807) is 6.07 Å². The fourth-order valence-electron chi connectivity index (χ4n) is 4.69. The van der Waals surface area contributed by atoms with E-state index in [9.17, 15) is 19.8 Å². The molecule has 0 radical (unpaired) electrons. The predicted molar refractivity (Wildman–Crippen MR) is 132 cm³/mol. The number of rotatable bonds is 10. The first-order valence-electron chi connectivity index (χ1n) is 12.4. The van der Waals surface area contributed by atoms with E-state index in [-0.39, 0.29) is 50.1 Å². The number of likely N-dealkylation sites (tertiary alicyclic amines) is 1. The quantitative estimate of drug-likeness (QED) is 0.394. The molecule has 2 heterocycles. The number of aliphatic carboxylic acids is 1. The Labute approximate surface area is 210 Å². The molecule has 194 valence electrons. The molecule has 2 saturated heterocycles. The van der Waals surface area contributed by atoms with Crippen molar-refractivity contribution < 1.29 is 34.4 Å². The van der Waals surface area contributed by atoms with Crippen LogP contribution in [0.5, 0.6) is 0 Å². The topological polar surface area (TPSA) is 129 Å². The van der Waals surface area contributed by atoms with E-state index in [1.807, 2.05) is 42.5 Å². The second-order valence-corrected chi connectivity index (χ2v) is 9.47. The van der Waals surface area contributed by atoms with Gasteiger partial charge in [0.1, 0.15) is 0 Å². The van der Waals surface area contributed by atoms with Crippen molar-refractivity contribution >= 4 is 17.6 Å². The summed E-state index contributed by atoms with van der Waals surface area (Å²) >= 11 is 0. The summed E-state index contributed by atoms with van der Waals surface area (Å²) in [6, 6.07) is 15.0. The lowest BCUT2D eigenvalue weighted by Crippen LogP contribution is -2.38. The second kappa shape index (κ2) is 12.4. The highest BCUT2D eigenvalue weighted by Crippen LogP contribution is 2.39. The van der Waals surface area contributed by atoms with Gasteiger partial charge >= 0.3 is 5.97 Å². The third-order valence-electron chi connectivity index (χ3n) is 6.56. The molecule has 4 N–H and O–H groups in total. The third kappa shape index (κ3) is 7.35. The molecular formula is C27H34N2O7. The Balaban J connectivity index is 1.47. The smallest absolute Gasteiger partial charge is 0.303 e. The van der Waals surface area contributed by atoms with Crippen LogP contribution in [0.25, 0.3) is 0 Å². The van der Waals surface area contributed by atoms with E-state index in [0.717, 1.165) is 29.7 Å². The molecular weight excluding hydrogens is 464 g/mol. The summed E-state index contributed by atoms with van der Waals surface area (Å²) in [5, 5.41) is 30.9. The van der Waals surface area contributed by atoms with Crippen LogP contribution in [-0.2, 0) is 25.7 Å². The molecule has 9 heteroatoms. The number of ether oxygens (including phenoxy) is 2. The molecule has 0 aliphatic carbocycles. The number of β-amino-alcohol motifs (C(OH)–C–C–N with tert-alkyl or cyclic N) is 1. The molecule has 36 heavy (non-hydrogen) atoms. The minimum absolute atomic E-state index is 0.0216. The lowest BCUT2D eigenvalue weighted by Gasteiger charge is -2.38. The van der Waals surface area contributed by atoms with Gasteiger partial charge in [0.05, 0.1) is 24.9 Å². The molecule has 2 aliphatic heterocycles. The molecule has 0 bridgehead atoms. The fourth-order valence-corrected chi connectivity index (χ4v) is 4.69. The van der Waals surface area contributed by atoms with Crippen molar-refractivity contribution in [2.24, 2.45) is 0 Å². The largest absolute Gasteiger partial charge is 0.481 e. The van der Waals surface area contributed by atoms with Gasteiger partial charge in [0, 0.05) is 50.1 Å². The first kappa shape index (κ1) is 26.2. The average molecular weight is 499 g/mol. The van der Waals surface area contributed by atoms with Crippen molar-refractivity contribution in [3.63, 3.8) is 0 Å². The second-order valence-electron chi connectivity index (χ2n) is 9.47. The minimum atomic E-state index is -0.921. The van der Waals surface area contributed by atoms with Gasteiger partial charge in [0.25, 0.3) is 0 Å². The maximum absolute atomic E-state index is 12.2. The van der Waals surface area contributed by atoms with E-state index in [2.05, 4.69) is 10.2 Å². The van der Waals surface area contributed by atoms with Crippen LogP contribution in [0.1, 0.15) is 61.2 Å². The van der Waals surface area contributed by atoms with Gasteiger partial charge in [0.15, 0.2) is 6.29 Å². The number of benzene rings is 2. The zero-order chi connectivity index (χ0) is 25.5. The van der Waals surface area contributed by atoms with Gasteiger partial charge in [-0.05, 0) is 36.1 Å². The van der Waals surface area contributed by atoms with Crippen molar-refractivity contribution in [1.29, 1.82) is 0 Å². The van der Waals surface area contributed by atoms with Crippen LogP contribution in [0.2, 0.25) is 0 Å². The molecule has 4 atom stereocenters. The number of anilines is 1. The first-order chi connectivity index (χ1) is 17.4. The number of amides is 1. The average Bonchev–Trinajstić information content (AvgIpc) is 3.28. The van der Waals surface area contributed by atoms with Crippen LogP contribution in [0, 0.1) is 0 Å². The Morgan fingerprint density at radius 2 is 1.86 bits per heavy atom. The molecule has 4 rings (SSSR count). The Morgan fingerprint density at radius 1 is 1.06 bits per heavy atom. The lowest BCUT2D eigenvalue weighted by atomic mass is 9.99. The highest BCUT2D eigenvalue weighted by atomic mass is 16.7. The van der Waals surface area contributed by atoms with Crippen molar-refractivity contribution in [3.8, 4) is 0 Å². The SMILES string of the molecule is O=C(O)CCCC(=O)Nc1cccc(C2OC(CN3CCC(O)C3)CC(c3ccc(CO)cc3)O2)c1. The number of carboxylic acid groups (broad SMARTS) is 1. The standard InChI is InChI=1S/C27H34N2O7/c30-17-18-7-9-19(10-8-18)24-14-23(16-29-12-11-22(31)15-29)35-27(36-24)20-3-1-4-21(13-20)28-25(32)5-2-6-26(33)34/h1,3-4,7-10,13,22-24,27,30-31H,2,5-6,11-12,14-17H2,(H,28,32)(H,33,34). The molecule has 1 amide bonds. The zero-order valence-electron chi connectivity index (χ0n) is 20.2. The van der Waals surface area contributed by atoms with Gasteiger partial charge in [-0.15, -0.1) is 0 Å². The normalized spacial score (nSPS) is 24.5. The van der Waals surface area contributed by atoms with Crippen molar-refractivity contribution in [1.82, 2.24) is 4.90 Å². The molecule has 4 unspecified atom stereocenters. The van der Waals surface area contributed by atoms with Gasteiger partial charge < -0.3 is 30.1 Å². The lowest BCUT2D eigenvalue weighted by molar-refractivity contribution is -0.252. The summed E-state index contributed by atoms with van der Waals surface area (Å²) < 4.78 is 12.7. The van der Waals surface area contributed by atoms with Gasteiger partial charge in [-0.25, -0.2) is 0 Å². The number of hydrogen-bond acceptors (Lipinski definition) is 7. The van der Waals surface area contributed by atoms with Crippen LogP contribution >= 0.6 is 0 Å². The molecule has 0 saturated carbocycles. The van der Waals surface area contributed by atoms with E-state index in [1.165, 1.54) is 0 Å². The monoisotopic (exact) mass is 498 g/mol. The summed E-state index contributed by atoms with van der Waals surface area (Å²) in [5.41, 5.74) is 3.18. The molecule has 2 aliphatic rings. The molecule has 0 spiro atoms. The van der Waals surface area contributed by atoms with Crippen LogP contribution in [0.15, 0.2) is 48.5 Å². The number of nitrogens with one attached hydrogen (secondary N) is 1. The van der Waals surface area contributed by atoms with Gasteiger partial charge in [-0.1, -0.05) is 36.4 Å². The van der Waals surface area contributed by atoms with Crippen molar-refractivity contribution in [3.05, 3.63) is 65.2 Å². The van der Waals surface area contributed by atoms with Crippen molar-refractivity contribution in [2.45, 2.75) is 63.3 Å². The number of aliphatic hydroxyl groups excluding tert-OH is 2. The Morgan fingerprint density at radius 3 is 2.56 bits per heavy atom. The summed E-state index contributed by atoms with van der Waals surface area (Å²) in [5.74, 6) is -1.17. The van der Waals surface area contributed by atoms with Gasteiger partial charge in [-0.2, -0.15) is 0 Å². The summed E-state index contributed by atoms with van der Waals surface area (Å²) in [4.78, 5) is 25.1. The van der Waals surface area contributed by atoms with E-state index in [4.69, 9.17) is 14.6 Å². The molecule has 2 aromatic carbocycles. The number of aliphatic hydroxyl groups is 2. The Bertz CT molecular complexity index is 1030. The summed E-state index contributed by atoms with van der Waals surface area (Å²) in [7, 11) is 0. The molecule has 9 nitrogen and oxygen atoms in total. The first-order valence-corrected chi connectivity index (χ1v) is 12.4. The number of carboxylic acids is 1. The van der Waals surface area contributed by atoms with Gasteiger partial charge in [-0.3, -0.25) is 14.5 Å². The Kier molecular flexibility index (Phi) is 9.06. The third-order valence-corrected chi connectivity index (χ3v) is 6.56. The van der Waals surface area contributed by atoms with Crippen LogP contribution in [0.4, 0.5) is 5.69 Å². The Hall–Kier alpha value is -2.82. The maximum atomic E-state index is 12.2. The minimum Gasteiger partial charge on any atom is -0.481 e. The van der Waals surface area contributed by atoms with Crippen molar-refractivity contribution in [2.75, 3.05) is 25.0 Å². The highest BCUT2D eigenvalue weighted by molar-refractivity contribution is 5.90. The fraction of sp³-hybridized carbons (Fsp3) is 0.481. The zero-order valence-corrected chi connectivity index (χ0v) is 20.2. The van der Waals surface area contributed by atoms with Crippen LogP contribution in [-0.4, -0.2) is 63.9 Å². The van der Waals surface area contributed by atoms with Crippen LogP contribution in [0.3, 0.4) is 0 Å².